The molecule has 0 bridgehead atoms. The van der Waals surface area contributed by atoms with Gasteiger partial charge in [-0.25, -0.2) is 0 Å². The van der Waals surface area contributed by atoms with Crippen LogP contribution in [0.5, 0.6) is 0 Å². The number of aliphatic carboxylic acids is 1. The van der Waals surface area contributed by atoms with Crippen LogP contribution in [0.1, 0.15) is 335 Å². The zero-order chi connectivity index (χ0) is 60.5. The lowest BCUT2D eigenvalue weighted by molar-refractivity contribution is -0.870. The molecular formula is C74H135NO8. The zero-order valence-corrected chi connectivity index (χ0v) is 55.3. The minimum Gasteiger partial charge on any atom is -0.545 e. The lowest BCUT2D eigenvalue weighted by Gasteiger charge is -2.26. The third kappa shape index (κ3) is 66.4. The smallest absolute Gasteiger partial charge is 0.306 e. The summed E-state index contributed by atoms with van der Waals surface area (Å²) in [5, 5.41) is 11.8. The van der Waals surface area contributed by atoms with Crippen LogP contribution in [-0.4, -0.2) is 82.3 Å². The number of rotatable bonds is 66. The molecule has 0 N–H and O–H groups in total. The Hall–Kier alpha value is -3.01. The van der Waals surface area contributed by atoms with Crippen molar-refractivity contribution in [3.8, 4) is 0 Å². The van der Waals surface area contributed by atoms with Gasteiger partial charge < -0.3 is 33.3 Å². The van der Waals surface area contributed by atoms with E-state index in [2.05, 4.69) is 74.6 Å². The Balaban J connectivity index is 3.92. The molecule has 484 valence electrons. The molecule has 0 spiro atoms. The van der Waals surface area contributed by atoms with E-state index in [1.54, 1.807) is 0 Å². The molecule has 9 heteroatoms. The van der Waals surface area contributed by atoms with Crippen LogP contribution in [0, 0.1) is 0 Å². The fourth-order valence-electron chi connectivity index (χ4n) is 10.4. The molecule has 0 fully saturated rings. The third-order valence-electron chi connectivity index (χ3n) is 15.8. The summed E-state index contributed by atoms with van der Waals surface area (Å²) in [5.41, 5.74) is 0. The number of hydrogen-bond acceptors (Lipinski definition) is 8. The number of nitrogens with zero attached hydrogens (tertiary/aromatic N) is 1. The van der Waals surface area contributed by atoms with Crippen LogP contribution >= 0.6 is 0 Å². The number of likely N-dealkylation sites (N-methyl/N-ethyl adjacent to an activating group) is 1. The number of esters is 2. The highest BCUT2D eigenvalue weighted by Crippen LogP contribution is 2.19. The Morgan fingerprint density at radius 1 is 0.373 bits per heavy atom. The molecule has 0 aromatic carbocycles. The molecule has 0 saturated heterocycles. The van der Waals surface area contributed by atoms with Crippen LogP contribution in [0.15, 0.2) is 60.8 Å². The Labute approximate surface area is 514 Å². The van der Waals surface area contributed by atoms with Crippen molar-refractivity contribution in [3.05, 3.63) is 60.8 Å². The van der Waals surface area contributed by atoms with E-state index in [-0.39, 0.29) is 38.6 Å². The molecule has 0 aromatic heterocycles. The summed E-state index contributed by atoms with van der Waals surface area (Å²) in [7, 11) is 5.91. The van der Waals surface area contributed by atoms with E-state index in [1.165, 1.54) is 244 Å². The number of carbonyl (C=O) groups excluding carboxylic acids is 3. The van der Waals surface area contributed by atoms with Gasteiger partial charge in [-0.1, -0.05) is 331 Å². The molecule has 0 aliphatic rings. The lowest BCUT2D eigenvalue weighted by atomic mass is 10.0. The molecule has 0 radical (unpaired) electrons. The van der Waals surface area contributed by atoms with Gasteiger partial charge in [-0.2, -0.15) is 0 Å². The number of ether oxygens (including phenoxy) is 4. The second-order valence-corrected chi connectivity index (χ2v) is 25.2. The molecule has 83 heavy (non-hydrogen) atoms. The van der Waals surface area contributed by atoms with Gasteiger partial charge in [-0.05, 0) is 51.4 Å². The molecule has 0 aliphatic heterocycles. The molecule has 9 nitrogen and oxygen atoms in total. The zero-order valence-electron chi connectivity index (χ0n) is 55.3. The maximum absolute atomic E-state index is 12.8. The summed E-state index contributed by atoms with van der Waals surface area (Å²) in [4.78, 5) is 37.3. The van der Waals surface area contributed by atoms with Crippen LogP contribution in [0.3, 0.4) is 0 Å². The monoisotopic (exact) mass is 1170 g/mol. The number of carboxylic acids is 1. The van der Waals surface area contributed by atoms with Crippen molar-refractivity contribution in [1.29, 1.82) is 0 Å². The van der Waals surface area contributed by atoms with E-state index >= 15 is 0 Å². The minimum atomic E-state index is -1.64. The molecule has 0 amide bonds. The van der Waals surface area contributed by atoms with Gasteiger partial charge in [0.1, 0.15) is 13.2 Å². The predicted molar refractivity (Wildman–Crippen MR) is 352 cm³/mol. The van der Waals surface area contributed by atoms with Gasteiger partial charge in [0.25, 0.3) is 0 Å². The number of carbonyl (C=O) groups is 3. The van der Waals surface area contributed by atoms with E-state index < -0.39 is 24.3 Å². The first-order chi connectivity index (χ1) is 40.6. The summed E-state index contributed by atoms with van der Waals surface area (Å²) in [6.45, 7) is 4.60. The number of hydrogen-bond donors (Lipinski definition) is 0. The van der Waals surface area contributed by atoms with Crippen LogP contribution in [0.25, 0.3) is 0 Å². The third-order valence-corrected chi connectivity index (χ3v) is 15.8. The largest absolute Gasteiger partial charge is 0.545 e. The first kappa shape index (κ1) is 80.0. The fourth-order valence-corrected chi connectivity index (χ4v) is 10.4. The summed E-state index contributed by atoms with van der Waals surface area (Å²) in [6.07, 6.45) is 82.2. The predicted octanol–water partition coefficient (Wildman–Crippen LogP) is 20.6. The van der Waals surface area contributed by atoms with Crippen molar-refractivity contribution < 1.29 is 42.9 Å². The highest BCUT2D eigenvalue weighted by Gasteiger charge is 2.22. The van der Waals surface area contributed by atoms with Crippen molar-refractivity contribution in [2.24, 2.45) is 0 Å². The SMILES string of the molecule is CC/C=C\C/C=C\C/C=C\C/C=C\C/C=C\CCCC(=O)OC(COC(=O)CCCCCCCCCCCCCCCCCCCCCCCCCCCCCCCCCCCCCCCCCCC)COC(OCC[N+](C)(C)C)C(=O)[O-]. The van der Waals surface area contributed by atoms with Crippen molar-refractivity contribution in [2.75, 3.05) is 47.5 Å². The highest BCUT2D eigenvalue weighted by atomic mass is 16.7. The molecule has 0 aliphatic carbocycles. The highest BCUT2D eigenvalue weighted by molar-refractivity contribution is 5.70. The molecule has 2 unspecified atom stereocenters. The van der Waals surface area contributed by atoms with E-state index in [0.29, 0.717) is 23.9 Å². The number of allylic oxidation sites excluding steroid dienone is 10. The molecule has 0 saturated carbocycles. The standard InChI is InChI=1S/C74H135NO8/c1-6-8-10-12-14-16-18-20-22-24-25-26-27-28-29-30-31-32-33-34-35-36-37-38-39-40-41-42-43-44-45-46-47-49-50-52-54-56-58-60-62-64-71(76)81-68-70(69-82-74(73(78)79)80-67-66-75(3,4)5)83-72(77)65-63-61-59-57-55-53-51-48-23-21-19-17-15-13-11-9-7-2/h9,11,15,17,21,23,51,53,57,59,70,74H,6-8,10,12-14,16,18-20,22,24-50,52,54-56,58,60-69H2,1-5H3/b11-9-,17-15-,23-21-,53-51-,59-57-. The molecule has 0 heterocycles. The van der Waals surface area contributed by atoms with Gasteiger partial charge in [0.15, 0.2) is 12.4 Å². The van der Waals surface area contributed by atoms with Gasteiger partial charge in [0, 0.05) is 12.8 Å². The van der Waals surface area contributed by atoms with Gasteiger partial charge in [-0.15, -0.1) is 0 Å². The van der Waals surface area contributed by atoms with Gasteiger partial charge >= 0.3 is 11.9 Å². The van der Waals surface area contributed by atoms with E-state index in [4.69, 9.17) is 18.9 Å². The van der Waals surface area contributed by atoms with Gasteiger partial charge in [0.2, 0.25) is 0 Å². The van der Waals surface area contributed by atoms with Gasteiger partial charge in [0.05, 0.1) is 40.3 Å². The Kier molecular flexibility index (Phi) is 62.6. The summed E-state index contributed by atoms with van der Waals surface area (Å²) in [5.74, 6) is -2.35. The number of carboxylic acid groups (broad SMARTS) is 1. The van der Waals surface area contributed by atoms with Crippen LogP contribution < -0.4 is 5.11 Å². The van der Waals surface area contributed by atoms with Crippen molar-refractivity contribution in [2.45, 2.75) is 347 Å². The van der Waals surface area contributed by atoms with Crippen LogP contribution in [0.4, 0.5) is 0 Å². The second kappa shape index (κ2) is 65.0. The van der Waals surface area contributed by atoms with Crippen molar-refractivity contribution in [1.82, 2.24) is 0 Å². The number of unbranched alkanes of at least 4 members (excludes halogenated alkanes) is 41. The van der Waals surface area contributed by atoms with Crippen LogP contribution in [-0.2, 0) is 33.3 Å². The quantitative estimate of drug-likeness (QED) is 0.0195. The molecular weight excluding hydrogens is 1030 g/mol. The van der Waals surface area contributed by atoms with Gasteiger partial charge in [-0.3, -0.25) is 9.59 Å². The average molecular weight is 1170 g/mol. The molecule has 0 rings (SSSR count). The summed E-state index contributed by atoms with van der Waals surface area (Å²) in [6, 6.07) is 0. The Morgan fingerprint density at radius 3 is 1.01 bits per heavy atom. The van der Waals surface area contributed by atoms with E-state index in [0.717, 1.165) is 51.4 Å². The van der Waals surface area contributed by atoms with Crippen molar-refractivity contribution >= 4 is 17.9 Å². The van der Waals surface area contributed by atoms with Crippen LogP contribution in [0.2, 0.25) is 0 Å². The normalized spacial score (nSPS) is 13.0. The fraction of sp³-hybridized carbons (Fsp3) is 0.824. The Morgan fingerprint density at radius 2 is 0.687 bits per heavy atom. The lowest BCUT2D eigenvalue weighted by Crippen LogP contribution is -2.44. The average Bonchev–Trinajstić information content (AvgIpc) is 3.46. The molecule has 2 atom stereocenters. The first-order valence-corrected chi connectivity index (χ1v) is 35.4. The van der Waals surface area contributed by atoms with E-state index in [1.807, 2.05) is 21.1 Å². The Bertz CT molecular complexity index is 1550. The van der Waals surface area contributed by atoms with E-state index in [9.17, 15) is 19.5 Å². The first-order valence-electron chi connectivity index (χ1n) is 35.4. The summed E-state index contributed by atoms with van der Waals surface area (Å²) >= 11 is 0. The topological polar surface area (TPSA) is 111 Å². The minimum absolute atomic E-state index is 0.136. The maximum atomic E-state index is 12.8. The second-order valence-electron chi connectivity index (χ2n) is 25.2. The summed E-state index contributed by atoms with van der Waals surface area (Å²) < 4.78 is 22.7. The van der Waals surface area contributed by atoms with Crippen molar-refractivity contribution in [3.63, 3.8) is 0 Å². The number of quaternary nitrogens is 1. The molecule has 0 aromatic rings. The maximum Gasteiger partial charge on any atom is 0.306 e.